The summed E-state index contributed by atoms with van der Waals surface area (Å²) in [6.45, 7) is 14.8. The molecule has 0 N–H and O–H groups in total. The minimum Gasteiger partial charge on any atom is -0.411 e. The molecular formula is C15H32O2Si. The number of ether oxygens (including phenoxy) is 1. The van der Waals surface area contributed by atoms with E-state index in [4.69, 9.17) is 9.16 Å². The summed E-state index contributed by atoms with van der Waals surface area (Å²) in [4.78, 5) is 0. The van der Waals surface area contributed by atoms with E-state index in [0.29, 0.717) is 12.2 Å². The number of hydrogen-bond donors (Lipinski definition) is 0. The first kappa shape index (κ1) is 16.2. The van der Waals surface area contributed by atoms with Crippen molar-refractivity contribution in [3.05, 3.63) is 0 Å². The minimum atomic E-state index is -1.67. The fraction of sp³-hybridized carbons (Fsp3) is 1.00. The highest BCUT2D eigenvalue weighted by Gasteiger charge is 2.41. The van der Waals surface area contributed by atoms with Crippen LogP contribution in [0.2, 0.25) is 18.1 Å². The predicted octanol–water partition coefficient (Wildman–Crippen LogP) is 4.75. The Kier molecular flexibility index (Phi) is 5.88. The van der Waals surface area contributed by atoms with Crippen LogP contribution in [0.3, 0.4) is 0 Å². The van der Waals surface area contributed by atoms with Crippen molar-refractivity contribution in [1.82, 2.24) is 0 Å². The zero-order valence-electron chi connectivity index (χ0n) is 13.2. The lowest BCUT2D eigenvalue weighted by atomic mass is 10.1. The molecule has 1 heterocycles. The monoisotopic (exact) mass is 272 g/mol. The van der Waals surface area contributed by atoms with E-state index in [0.717, 1.165) is 13.0 Å². The van der Waals surface area contributed by atoms with E-state index < -0.39 is 8.32 Å². The fourth-order valence-corrected chi connectivity index (χ4v) is 3.56. The van der Waals surface area contributed by atoms with Crippen molar-refractivity contribution in [3.63, 3.8) is 0 Å². The summed E-state index contributed by atoms with van der Waals surface area (Å²) < 4.78 is 12.5. The van der Waals surface area contributed by atoms with Crippen molar-refractivity contribution >= 4 is 8.32 Å². The van der Waals surface area contributed by atoms with Gasteiger partial charge in [-0.15, -0.1) is 0 Å². The van der Waals surface area contributed by atoms with Gasteiger partial charge in [0.15, 0.2) is 8.32 Å². The minimum absolute atomic E-state index is 0.288. The van der Waals surface area contributed by atoms with Gasteiger partial charge in [0.05, 0.1) is 12.2 Å². The highest BCUT2D eigenvalue weighted by atomic mass is 28.4. The number of rotatable bonds is 6. The molecule has 1 aliphatic heterocycles. The van der Waals surface area contributed by atoms with E-state index in [2.05, 4.69) is 40.8 Å². The molecule has 0 spiro atoms. The molecule has 0 amide bonds. The van der Waals surface area contributed by atoms with Gasteiger partial charge >= 0.3 is 0 Å². The van der Waals surface area contributed by atoms with E-state index in [1.165, 1.54) is 25.7 Å². The van der Waals surface area contributed by atoms with Crippen LogP contribution in [0.25, 0.3) is 0 Å². The van der Waals surface area contributed by atoms with Gasteiger partial charge in [-0.05, 0) is 37.4 Å². The van der Waals surface area contributed by atoms with Gasteiger partial charge in [-0.1, -0.05) is 40.5 Å². The fourth-order valence-electron chi connectivity index (χ4n) is 2.18. The molecule has 0 aromatic carbocycles. The maximum Gasteiger partial charge on any atom is 0.192 e. The van der Waals surface area contributed by atoms with Crippen LogP contribution in [0.5, 0.6) is 0 Å². The molecule has 0 unspecified atom stereocenters. The second kappa shape index (κ2) is 6.53. The molecule has 0 aromatic heterocycles. The Bertz CT molecular complexity index is 239. The molecule has 0 bridgehead atoms. The van der Waals surface area contributed by atoms with E-state index >= 15 is 0 Å². The first-order valence-electron chi connectivity index (χ1n) is 7.57. The van der Waals surface area contributed by atoms with Crippen molar-refractivity contribution in [2.45, 2.75) is 90.1 Å². The highest BCUT2D eigenvalue weighted by molar-refractivity contribution is 6.74. The lowest BCUT2D eigenvalue weighted by Gasteiger charge is -2.40. The SMILES string of the molecule is CCCC[C@H](O[Si](C)(C)C(C)(C)C)[C@@H]1CCCO1. The van der Waals surface area contributed by atoms with Crippen LogP contribution >= 0.6 is 0 Å². The normalized spacial score (nSPS) is 23.3. The van der Waals surface area contributed by atoms with Gasteiger partial charge in [0.1, 0.15) is 0 Å². The Labute approximate surface area is 115 Å². The summed E-state index contributed by atoms with van der Waals surface area (Å²) >= 11 is 0. The quantitative estimate of drug-likeness (QED) is 0.650. The lowest BCUT2D eigenvalue weighted by Crippen LogP contribution is -2.47. The molecule has 1 aliphatic rings. The third kappa shape index (κ3) is 4.36. The van der Waals surface area contributed by atoms with Crippen molar-refractivity contribution in [3.8, 4) is 0 Å². The zero-order valence-corrected chi connectivity index (χ0v) is 14.2. The van der Waals surface area contributed by atoms with Crippen molar-refractivity contribution in [2.75, 3.05) is 6.61 Å². The predicted molar refractivity (Wildman–Crippen MR) is 80.6 cm³/mol. The summed E-state index contributed by atoms with van der Waals surface area (Å²) in [6, 6.07) is 0. The first-order chi connectivity index (χ1) is 8.28. The topological polar surface area (TPSA) is 18.5 Å². The molecule has 2 nitrogen and oxygen atoms in total. The molecule has 1 rings (SSSR count). The smallest absolute Gasteiger partial charge is 0.192 e. The highest BCUT2D eigenvalue weighted by Crippen LogP contribution is 2.39. The van der Waals surface area contributed by atoms with Crippen LogP contribution in [0.4, 0.5) is 0 Å². The van der Waals surface area contributed by atoms with Crippen LogP contribution in [0.15, 0.2) is 0 Å². The Morgan fingerprint density at radius 3 is 2.44 bits per heavy atom. The van der Waals surface area contributed by atoms with Crippen molar-refractivity contribution in [2.24, 2.45) is 0 Å². The standard InChI is InChI=1S/C15H32O2Si/c1-7-8-10-14(13-11-9-12-16-13)17-18(5,6)15(2,3)4/h13-14H,7-12H2,1-6H3/t13-,14-/m0/s1. The molecule has 0 aliphatic carbocycles. The molecule has 3 heteroatoms. The summed E-state index contributed by atoms with van der Waals surface area (Å²) in [5.74, 6) is 0. The Morgan fingerprint density at radius 2 is 2.00 bits per heavy atom. The average Bonchev–Trinajstić information content (AvgIpc) is 2.75. The maximum absolute atomic E-state index is 6.60. The van der Waals surface area contributed by atoms with Gasteiger partial charge in [0, 0.05) is 6.61 Å². The third-order valence-corrected chi connectivity index (χ3v) is 8.98. The Hall–Kier alpha value is 0.137. The summed E-state index contributed by atoms with van der Waals surface area (Å²) in [7, 11) is -1.67. The van der Waals surface area contributed by atoms with Crippen LogP contribution < -0.4 is 0 Å². The molecule has 18 heavy (non-hydrogen) atoms. The Morgan fingerprint density at radius 1 is 1.33 bits per heavy atom. The number of unbranched alkanes of at least 4 members (excludes halogenated alkanes) is 1. The molecule has 1 saturated heterocycles. The molecule has 2 atom stereocenters. The van der Waals surface area contributed by atoms with Gasteiger partial charge in [0.25, 0.3) is 0 Å². The largest absolute Gasteiger partial charge is 0.411 e. The molecule has 0 aromatic rings. The molecule has 108 valence electrons. The van der Waals surface area contributed by atoms with Crippen LogP contribution in [0, 0.1) is 0 Å². The second-order valence-electron chi connectivity index (χ2n) is 7.11. The van der Waals surface area contributed by atoms with Gasteiger partial charge < -0.3 is 9.16 Å². The van der Waals surface area contributed by atoms with E-state index in [-0.39, 0.29) is 5.04 Å². The third-order valence-electron chi connectivity index (χ3n) is 4.47. The van der Waals surface area contributed by atoms with Gasteiger partial charge in [-0.3, -0.25) is 0 Å². The van der Waals surface area contributed by atoms with Crippen molar-refractivity contribution < 1.29 is 9.16 Å². The van der Waals surface area contributed by atoms with Gasteiger partial charge in [-0.25, -0.2) is 0 Å². The van der Waals surface area contributed by atoms with Crippen LogP contribution in [-0.4, -0.2) is 27.1 Å². The van der Waals surface area contributed by atoms with E-state index in [9.17, 15) is 0 Å². The average molecular weight is 273 g/mol. The summed E-state index contributed by atoms with van der Waals surface area (Å²) in [5.41, 5.74) is 0. The zero-order chi connectivity index (χ0) is 13.8. The molecule has 1 fully saturated rings. The van der Waals surface area contributed by atoms with Crippen molar-refractivity contribution in [1.29, 1.82) is 0 Å². The van der Waals surface area contributed by atoms with Crippen LogP contribution in [0.1, 0.15) is 59.8 Å². The first-order valence-corrected chi connectivity index (χ1v) is 10.5. The Balaban J connectivity index is 2.65. The number of hydrogen-bond acceptors (Lipinski definition) is 2. The second-order valence-corrected chi connectivity index (χ2v) is 11.9. The molecular weight excluding hydrogens is 240 g/mol. The molecule has 0 radical (unpaired) electrons. The van der Waals surface area contributed by atoms with Crippen LogP contribution in [-0.2, 0) is 9.16 Å². The van der Waals surface area contributed by atoms with Gasteiger partial charge in [-0.2, -0.15) is 0 Å². The maximum atomic E-state index is 6.60. The molecule has 0 saturated carbocycles. The summed E-state index contributed by atoms with van der Waals surface area (Å²) in [6.07, 6.45) is 6.72. The van der Waals surface area contributed by atoms with Gasteiger partial charge in [0.2, 0.25) is 0 Å². The lowest BCUT2D eigenvalue weighted by molar-refractivity contribution is 0.000641. The van der Waals surface area contributed by atoms with E-state index in [1.807, 2.05) is 0 Å². The summed E-state index contributed by atoms with van der Waals surface area (Å²) in [5, 5.41) is 0.288. The van der Waals surface area contributed by atoms with E-state index in [1.54, 1.807) is 0 Å².